The molecule has 0 bridgehead atoms. The number of hydrogen-bond donors (Lipinski definition) is 1. The van der Waals surface area contributed by atoms with Crippen LogP contribution in [0.2, 0.25) is 0 Å². The van der Waals surface area contributed by atoms with Crippen LogP contribution in [0.3, 0.4) is 0 Å². The SMILES string of the molecule is CCOC(=O)c1c(C)oc2c1c([C@@H](c1ccc(OC)cc1)N1CCCC1)c(O)c1ccccc12. The smallest absolute Gasteiger partial charge is 0.342 e. The third kappa shape index (κ3) is 3.59. The maximum absolute atomic E-state index is 13.1. The highest BCUT2D eigenvalue weighted by Crippen LogP contribution is 2.48. The summed E-state index contributed by atoms with van der Waals surface area (Å²) < 4.78 is 17.0. The number of carbonyl (C=O) groups is 1. The van der Waals surface area contributed by atoms with E-state index in [1.54, 1.807) is 21.0 Å². The fourth-order valence-corrected chi connectivity index (χ4v) is 5.20. The van der Waals surface area contributed by atoms with Gasteiger partial charge in [-0.05, 0) is 57.5 Å². The molecule has 5 rings (SSSR count). The van der Waals surface area contributed by atoms with Crippen molar-refractivity contribution in [3.05, 3.63) is 71.0 Å². The van der Waals surface area contributed by atoms with Crippen LogP contribution in [0.15, 0.2) is 52.9 Å². The summed E-state index contributed by atoms with van der Waals surface area (Å²) in [5.74, 6) is 0.982. The first-order valence-corrected chi connectivity index (χ1v) is 11.8. The van der Waals surface area contributed by atoms with Crippen LogP contribution in [0.5, 0.6) is 11.5 Å². The summed E-state index contributed by atoms with van der Waals surface area (Å²) in [4.78, 5) is 15.5. The van der Waals surface area contributed by atoms with E-state index in [4.69, 9.17) is 13.9 Å². The van der Waals surface area contributed by atoms with Crippen LogP contribution in [-0.4, -0.2) is 42.8 Å². The average molecular weight is 460 g/mol. The highest BCUT2D eigenvalue weighted by molar-refractivity contribution is 6.16. The Hall–Kier alpha value is -3.51. The van der Waals surface area contributed by atoms with Crippen molar-refractivity contribution < 1.29 is 23.8 Å². The van der Waals surface area contributed by atoms with Crippen LogP contribution in [0.1, 0.15) is 53.1 Å². The van der Waals surface area contributed by atoms with E-state index in [1.165, 1.54) is 0 Å². The van der Waals surface area contributed by atoms with Crippen LogP contribution in [0.25, 0.3) is 21.7 Å². The predicted octanol–water partition coefficient (Wildman–Crippen LogP) is 5.97. The molecule has 0 spiro atoms. The molecule has 34 heavy (non-hydrogen) atoms. The van der Waals surface area contributed by atoms with Crippen LogP contribution in [0.4, 0.5) is 0 Å². The second-order valence-corrected chi connectivity index (χ2v) is 8.68. The van der Waals surface area contributed by atoms with Gasteiger partial charge in [-0.3, -0.25) is 4.90 Å². The first-order chi connectivity index (χ1) is 16.5. The Kier molecular flexibility index (Phi) is 5.92. The quantitative estimate of drug-likeness (QED) is 0.358. The zero-order chi connectivity index (χ0) is 23.8. The molecule has 4 aromatic rings. The van der Waals surface area contributed by atoms with Crippen LogP contribution >= 0.6 is 0 Å². The number of carbonyl (C=O) groups excluding carboxylic acids is 1. The molecule has 1 aliphatic rings. The van der Waals surface area contributed by atoms with Gasteiger partial charge in [0.15, 0.2) is 0 Å². The maximum Gasteiger partial charge on any atom is 0.342 e. The van der Waals surface area contributed by atoms with Gasteiger partial charge in [0, 0.05) is 21.7 Å². The molecule has 1 aliphatic heterocycles. The molecule has 1 aromatic heterocycles. The van der Waals surface area contributed by atoms with Gasteiger partial charge >= 0.3 is 5.97 Å². The van der Waals surface area contributed by atoms with Crippen molar-refractivity contribution in [2.75, 3.05) is 26.8 Å². The maximum atomic E-state index is 13.1. The van der Waals surface area contributed by atoms with E-state index >= 15 is 0 Å². The minimum absolute atomic E-state index is 0.169. The molecule has 6 nitrogen and oxygen atoms in total. The number of furan rings is 1. The number of phenols is 1. The van der Waals surface area contributed by atoms with E-state index in [1.807, 2.05) is 48.5 Å². The van der Waals surface area contributed by atoms with Gasteiger partial charge in [0.05, 0.1) is 19.8 Å². The van der Waals surface area contributed by atoms with Crippen molar-refractivity contribution in [2.24, 2.45) is 0 Å². The van der Waals surface area contributed by atoms with E-state index in [0.717, 1.165) is 42.6 Å². The molecule has 0 saturated carbocycles. The van der Waals surface area contributed by atoms with E-state index in [-0.39, 0.29) is 18.4 Å². The van der Waals surface area contributed by atoms with Gasteiger partial charge in [0.1, 0.15) is 28.4 Å². The molecule has 0 amide bonds. The Morgan fingerprint density at radius 2 is 1.76 bits per heavy atom. The summed E-state index contributed by atoms with van der Waals surface area (Å²) in [7, 11) is 1.64. The molecule has 1 atom stereocenters. The van der Waals surface area contributed by atoms with Gasteiger partial charge in [0.25, 0.3) is 0 Å². The van der Waals surface area contributed by atoms with Gasteiger partial charge < -0.3 is 19.0 Å². The molecule has 176 valence electrons. The Morgan fingerprint density at radius 1 is 1.09 bits per heavy atom. The van der Waals surface area contributed by atoms with Crippen molar-refractivity contribution in [1.82, 2.24) is 4.90 Å². The molecular formula is C28H29NO5. The number of phenolic OH excluding ortho intramolecular Hbond substituents is 1. The Balaban J connectivity index is 1.88. The van der Waals surface area contributed by atoms with E-state index in [0.29, 0.717) is 33.2 Å². The number of fused-ring (bicyclic) bond motifs is 3. The summed E-state index contributed by atoms with van der Waals surface area (Å²) in [6.07, 6.45) is 2.17. The summed E-state index contributed by atoms with van der Waals surface area (Å²) in [5, 5.41) is 13.8. The molecule has 6 heteroatoms. The number of benzene rings is 3. The van der Waals surface area contributed by atoms with Crippen molar-refractivity contribution >= 4 is 27.7 Å². The van der Waals surface area contributed by atoms with Gasteiger partial charge in [-0.1, -0.05) is 36.4 Å². The largest absolute Gasteiger partial charge is 0.507 e. The number of hydrogen-bond acceptors (Lipinski definition) is 6. The van der Waals surface area contributed by atoms with Crippen molar-refractivity contribution in [3.63, 3.8) is 0 Å². The van der Waals surface area contributed by atoms with Gasteiger partial charge in [-0.25, -0.2) is 4.79 Å². The number of aromatic hydroxyl groups is 1. The second-order valence-electron chi connectivity index (χ2n) is 8.68. The molecular weight excluding hydrogens is 430 g/mol. The lowest BCUT2D eigenvalue weighted by atomic mass is 9.89. The topological polar surface area (TPSA) is 72.1 Å². The normalized spacial score (nSPS) is 15.1. The zero-order valence-electron chi connectivity index (χ0n) is 19.8. The summed E-state index contributed by atoms with van der Waals surface area (Å²) in [5.41, 5.74) is 2.68. The summed E-state index contributed by atoms with van der Waals surface area (Å²) >= 11 is 0. The lowest BCUT2D eigenvalue weighted by Gasteiger charge is -2.30. The number of ether oxygens (including phenoxy) is 2. The number of esters is 1. The molecule has 0 aliphatic carbocycles. The second kappa shape index (κ2) is 9.03. The summed E-state index contributed by atoms with van der Waals surface area (Å²) in [6, 6.07) is 15.3. The molecule has 3 aromatic carbocycles. The summed E-state index contributed by atoms with van der Waals surface area (Å²) in [6.45, 7) is 5.62. The highest BCUT2D eigenvalue weighted by Gasteiger charge is 2.34. The van der Waals surface area contributed by atoms with Crippen molar-refractivity contribution in [1.29, 1.82) is 0 Å². The number of rotatable bonds is 6. The number of nitrogens with zero attached hydrogens (tertiary/aromatic N) is 1. The van der Waals surface area contributed by atoms with E-state index in [9.17, 15) is 9.90 Å². The molecule has 1 saturated heterocycles. The molecule has 2 heterocycles. The van der Waals surface area contributed by atoms with Crippen LogP contribution < -0.4 is 4.74 Å². The third-order valence-electron chi connectivity index (χ3n) is 6.73. The minimum atomic E-state index is -0.440. The number of likely N-dealkylation sites (tertiary alicyclic amines) is 1. The fraction of sp³-hybridized carbons (Fsp3) is 0.321. The Bertz CT molecular complexity index is 1350. The monoisotopic (exact) mass is 459 g/mol. The van der Waals surface area contributed by atoms with Gasteiger partial charge in [-0.15, -0.1) is 0 Å². The van der Waals surface area contributed by atoms with E-state index in [2.05, 4.69) is 4.90 Å². The van der Waals surface area contributed by atoms with Crippen LogP contribution in [0, 0.1) is 6.92 Å². The van der Waals surface area contributed by atoms with E-state index < -0.39 is 5.97 Å². The number of methoxy groups -OCH3 is 1. The lowest BCUT2D eigenvalue weighted by Crippen LogP contribution is -2.27. The molecule has 1 fully saturated rings. The number of aryl methyl sites for hydroxylation is 1. The Morgan fingerprint density at radius 3 is 2.41 bits per heavy atom. The fourth-order valence-electron chi connectivity index (χ4n) is 5.20. The Labute approximate surface area is 198 Å². The van der Waals surface area contributed by atoms with Gasteiger partial charge in [-0.2, -0.15) is 0 Å². The van der Waals surface area contributed by atoms with Gasteiger partial charge in [0.2, 0.25) is 0 Å². The molecule has 0 radical (unpaired) electrons. The molecule has 0 unspecified atom stereocenters. The third-order valence-corrected chi connectivity index (χ3v) is 6.73. The first-order valence-electron chi connectivity index (χ1n) is 11.8. The highest BCUT2D eigenvalue weighted by atomic mass is 16.5. The van der Waals surface area contributed by atoms with Crippen molar-refractivity contribution in [2.45, 2.75) is 32.7 Å². The first kappa shape index (κ1) is 22.3. The van der Waals surface area contributed by atoms with Crippen LogP contribution in [-0.2, 0) is 4.74 Å². The standard InChI is InChI=1S/C28H29NO5/c1-4-33-28(31)22-17(2)34-27-21-10-6-5-9-20(21)26(30)24(23(22)27)25(29-15-7-8-16-29)18-11-13-19(32-3)14-12-18/h5-6,9-14,25,30H,4,7-8,15-16H2,1-3H3/t25-/m1/s1. The van der Waals surface area contributed by atoms with Crippen molar-refractivity contribution in [3.8, 4) is 11.5 Å². The average Bonchev–Trinajstić information content (AvgIpc) is 3.50. The molecule has 1 N–H and O–H groups in total. The predicted molar refractivity (Wildman–Crippen MR) is 132 cm³/mol. The zero-order valence-corrected chi connectivity index (χ0v) is 19.8. The lowest BCUT2D eigenvalue weighted by molar-refractivity contribution is 0.0526. The minimum Gasteiger partial charge on any atom is -0.507 e.